The van der Waals surface area contributed by atoms with Gasteiger partial charge in [-0.25, -0.2) is 0 Å². The third-order valence-corrected chi connectivity index (χ3v) is 1.65. The molecule has 0 aliphatic rings. The van der Waals surface area contributed by atoms with Gasteiger partial charge in [-0.2, -0.15) is 0 Å². The maximum absolute atomic E-state index is 11.0. The molecule has 0 heterocycles. The molecule has 0 aromatic heterocycles. The summed E-state index contributed by atoms with van der Waals surface area (Å²) in [5.74, 6) is -0.695. The highest BCUT2D eigenvalue weighted by molar-refractivity contribution is 6.31. The second-order valence-electron chi connectivity index (χ2n) is 2.99. The van der Waals surface area contributed by atoms with Crippen LogP contribution in [0.3, 0.4) is 0 Å². The van der Waals surface area contributed by atoms with Gasteiger partial charge in [0.05, 0.1) is 0 Å². The molecule has 0 bridgehead atoms. The highest BCUT2D eigenvalue weighted by Gasteiger charge is 1.99. The summed E-state index contributed by atoms with van der Waals surface area (Å²) in [4.78, 5) is 21.7. The molecule has 84 valence electrons. The van der Waals surface area contributed by atoms with Crippen molar-refractivity contribution in [3.63, 3.8) is 0 Å². The van der Waals surface area contributed by atoms with Crippen LogP contribution in [0.15, 0.2) is 29.4 Å². The zero-order valence-electron chi connectivity index (χ0n) is 8.60. The highest BCUT2D eigenvalue weighted by Crippen LogP contribution is 2.12. The number of anilines is 2. The maximum atomic E-state index is 11.0. The summed E-state index contributed by atoms with van der Waals surface area (Å²) in [5, 5.41) is 15.8. The van der Waals surface area contributed by atoms with Crippen molar-refractivity contribution in [2.45, 2.75) is 6.92 Å². The van der Waals surface area contributed by atoms with Gasteiger partial charge in [0.15, 0.2) is 0 Å². The Hall–Kier alpha value is -2.37. The molecule has 0 spiro atoms. The number of carbonyl (C=O) groups is 2. The first-order chi connectivity index (χ1) is 7.61. The van der Waals surface area contributed by atoms with Crippen molar-refractivity contribution in [3.05, 3.63) is 24.3 Å². The fourth-order valence-electron chi connectivity index (χ4n) is 1.07. The monoisotopic (exact) mass is 221 g/mol. The van der Waals surface area contributed by atoms with Gasteiger partial charge >= 0.3 is 0 Å². The molecule has 0 fully saturated rings. The molecule has 0 radical (unpaired) electrons. The number of hydrogen-bond donors (Lipinski definition) is 3. The molecule has 3 N–H and O–H groups in total. The Bertz CT molecular complexity index is 412. The van der Waals surface area contributed by atoms with Crippen molar-refractivity contribution < 1.29 is 14.8 Å². The topological polar surface area (TPSA) is 90.8 Å². The molecule has 1 rings (SSSR count). The van der Waals surface area contributed by atoms with Gasteiger partial charge in [-0.05, 0) is 24.3 Å². The smallest absolute Gasteiger partial charge is 0.270 e. The molecular weight excluding hydrogens is 210 g/mol. The molecule has 16 heavy (non-hydrogen) atoms. The molecule has 1 aromatic rings. The van der Waals surface area contributed by atoms with Gasteiger partial charge in [0.1, 0.15) is 6.21 Å². The molecule has 1 aromatic carbocycles. The lowest BCUT2D eigenvalue weighted by molar-refractivity contribution is -0.114. The highest BCUT2D eigenvalue weighted by atomic mass is 16.4. The Morgan fingerprint density at radius 1 is 1.19 bits per heavy atom. The molecule has 0 atom stereocenters. The van der Waals surface area contributed by atoms with E-state index >= 15 is 0 Å². The first-order valence-electron chi connectivity index (χ1n) is 4.48. The van der Waals surface area contributed by atoms with Crippen LogP contribution in [0.5, 0.6) is 0 Å². The standard InChI is InChI=1S/C10H11N3O3/c1-7(14)12-8-2-4-9(5-3-8)13-10(15)6-11-16/h2-6,16H,1H3,(H,12,14)(H,13,15)/b11-6+. The molecule has 6 nitrogen and oxygen atoms in total. The van der Waals surface area contributed by atoms with Crippen molar-refractivity contribution in [3.8, 4) is 0 Å². The second-order valence-corrected chi connectivity index (χ2v) is 2.99. The van der Waals surface area contributed by atoms with E-state index in [1.807, 2.05) is 0 Å². The first kappa shape index (κ1) is 11.7. The predicted octanol–water partition coefficient (Wildman–Crippen LogP) is 1.04. The zero-order valence-corrected chi connectivity index (χ0v) is 8.60. The van der Waals surface area contributed by atoms with Crippen LogP contribution >= 0.6 is 0 Å². The number of nitrogens with zero attached hydrogens (tertiary/aromatic N) is 1. The predicted molar refractivity (Wildman–Crippen MR) is 59.7 cm³/mol. The van der Waals surface area contributed by atoms with Crippen molar-refractivity contribution in [1.29, 1.82) is 0 Å². The van der Waals surface area contributed by atoms with E-state index in [-0.39, 0.29) is 5.91 Å². The normalized spacial score (nSPS) is 10.1. The van der Waals surface area contributed by atoms with E-state index in [1.54, 1.807) is 24.3 Å². The Morgan fingerprint density at radius 2 is 1.69 bits per heavy atom. The van der Waals surface area contributed by atoms with Crippen LogP contribution < -0.4 is 10.6 Å². The average molecular weight is 221 g/mol. The Balaban J connectivity index is 2.64. The van der Waals surface area contributed by atoms with Crippen molar-refractivity contribution in [1.82, 2.24) is 0 Å². The first-order valence-corrected chi connectivity index (χ1v) is 4.48. The number of benzene rings is 1. The molecule has 0 saturated carbocycles. The third kappa shape index (κ3) is 3.79. The van der Waals surface area contributed by atoms with Gasteiger partial charge in [0.2, 0.25) is 5.91 Å². The van der Waals surface area contributed by atoms with Crippen LogP contribution in [-0.4, -0.2) is 23.2 Å². The summed E-state index contributed by atoms with van der Waals surface area (Å²) in [5.41, 5.74) is 1.18. The molecule has 2 amide bonds. The summed E-state index contributed by atoms with van der Waals surface area (Å²) >= 11 is 0. The summed E-state index contributed by atoms with van der Waals surface area (Å²) in [7, 11) is 0. The maximum Gasteiger partial charge on any atom is 0.270 e. The SMILES string of the molecule is CC(=O)Nc1ccc(NC(=O)/C=N/O)cc1. The molecule has 0 aliphatic carbocycles. The second kappa shape index (κ2) is 5.50. The van der Waals surface area contributed by atoms with Gasteiger partial charge < -0.3 is 15.8 Å². The molecule has 0 aliphatic heterocycles. The van der Waals surface area contributed by atoms with Gasteiger partial charge in [-0.15, -0.1) is 0 Å². The molecule has 0 saturated heterocycles. The van der Waals surface area contributed by atoms with Crippen LogP contribution in [0.1, 0.15) is 6.92 Å². The summed E-state index contributed by atoms with van der Waals surface area (Å²) in [6.45, 7) is 1.41. The van der Waals surface area contributed by atoms with Gasteiger partial charge in [-0.1, -0.05) is 5.16 Å². The van der Waals surface area contributed by atoms with E-state index in [1.165, 1.54) is 6.92 Å². The minimum atomic E-state index is -0.533. The lowest BCUT2D eigenvalue weighted by atomic mass is 10.2. The van der Waals surface area contributed by atoms with E-state index in [0.29, 0.717) is 11.4 Å². The van der Waals surface area contributed by atoms with E-state index in [2.05, 4.69) is 15.8 Å². The largest absolute Gasteiger partial charge is 0.411 e. The third-order valence-electron chi connectivity index (χ3n) is 1.65. The number of oxime groups is 1. The molecule has 6 heteroatoms. The average Bonchev–Trinajstić information content (AvgIpc) is 2.20. The van der Waals surface area contributed by atoms with Gasteiger partial charge in [0.25, 0.3) is 5.91 Å². The molecular formula is C10H11N3O3. The number of rotatable bonds is 3. The van der Waals surface area contributed by atoms with Gasteiger partial charge in [-0.3, -0.25) is 9.59 Å². The molecule has 0 unspecified atom stereocenters. The van der Waals surface area contributed by atoms with Crippen LogP contribution in [0, 0.1) is 0 Å². The van der Waals surface area contributed by atoms with Crippen molar-refractivity contribution in [2.75, 3.05) is 10.6 Å². The summed E-state index contributed by atoms with van der Waals surface area (Å²) < 4.78 is 0. The fourth-order valence-corrected chi connectivity index (χ4v) is 1.07. The van der Waals surface area contributed by atoms with E-state index in [4.69, 9.17) is 5.21 Å². The summed E-state index contributed by atoms with van der Waals surface area (Å²) in [6, 6.07) is 6.53. The van der Waals surface area contributed by atoms with E-state index in [0.717, 1.165) is 6.21 Å². The Labute approximate surface area is 92.0 Å². The number of carbonyl (C=O) groups excluding carboxylic acids is 2. The zero-order chi connectivity index (χ0) is 12.0. The number of amides is 2. The Kier molecular flexibility index (Phi) is 4.02. The minimum Gasteiger partial charge on any atom is -0.411 e. The van der Waals surface area contributed by atoms with Gasteiger partial charge in [0, 0.05) is 18.3 Å². The van der Waals surface area contributed by atoms with E-state index in [9.17, 15) is 9.59 Å². The number of nitrogens with one attached hydrogen (secondary N) is 2. The van der Waals surface area contributed by atoms with Crippen molar-refractivity contribution in [2.24, 2.45) is 5.16 Å². The lowest BCUT2D eigenvalue weighted by Gasteiger charge is -2.04. The quantitative estimate of drug-likeness (QED) is 0.404. The fraction of sp³-hybridized carbons (Fsp3) is 0.100. The lowest BCUT2D eigenvalue weighted by Crippen LogP contribution is -2.12. The Morgan fingerprint density at radius 3 is 2.12 bits per heavy atom. The van der Waals surface area contributed by atoms with Crippen LogP contribution in [0.4, 0.5) is 11.4 Å². The van der Waals surface area contributed by atoms with E-state index < -0.39 is 5.91 Å². The van der Waals surface area contributed by atoms with Crippen LogP contribution in [-0.2, 0) is 9.59 Å². The minimum absolute atomic E-state index is 0.163. The van der Waals surface area contributed by atoms with Crippen LogP contribution in [0.2, 0.25) is 0 Å². The number of hydrogen-bond acceptors (Lipinski definition) is 4. The summed E-state index contributed by atoms with van der Waals surface area (Å²) in [6.07, 6.45) is 0.752. The van der Waals surface area contributed by atoms with Crippen LogP contribution in [0.25, 0.3) is 0 Å². The van der Waals surface area contributed by atoms with Crippen molar-refractivity contribution >= 4 is 29.4 Å².